The lowest BCUT2D eigenvalue weighted by atomic mass is 9.87. The van der Waals surface area contributed by atoms with Crippen molar-refractivity contribution in [2.75, 3.05) is 13.2 Å². The second-order valence-corrected chi connectivity index (χ2v) is 11.6. The highest BCUT2D eigenvalue weighted by molar-refractivity contribution is 9.10. The van der Waals surface area contributed by atoms with Crippen LogP contribution in [0.3, 0.4) is 0 Å². The maximum atomic E-state index is 13.7. The maximum Gasteiger partial charge on any atom is 0.261 e. The predicted octanol–water partition coefficient (Wildman–Crippen LogP) is 6.95. The number of nitrogens with zero attached hydrogens (tertiary/aromatic N) is 1. The van der Waals surface area contributed by atoms with Crippen LogP contribution in [0.1, 0.15) is 50.8 Å². The van der Waals surface area contributed by atoms with Crippen LogP contribution >= 0.6 is 27.5 Å². The van der Waals surface area contributed by atoms with Gasteiger partial charge in [0.2, 0.25) is 5.91 Å². The predicted molar refractivity (Wildman–Crippen MR) is 158 cm³/mol. The second-order valence-electron chi connectivity index (χ2n) is 10.3. The summed E-state index contributed by atoms with van der Waals surface area (Å²) in [5, 5.41) is 3.55. The number of carbonyl (C=O) groups is 2. The number of carbonyl (C=O) groups excluding carboxylic acids is 2. The number of halogens is 2. The molecule has 7 heteroatoms. The normalized spacial score (nSPS) is 12.1. The van der Waals surface area contributed by atoms with Crippen LogP contribution in [0.2, 0.25) is 5.02 Å². The summed E-state index contributed by atoms with van der Waals surface area (Å²) in [6.45, 7) is 8.98. The van der Waals surface area contributed by atoms with Gasteiger partial charge in [-0.2, -0.15) is 0 Å². The van der Waals surface area contributed by atoms with Gasteiger partial charge in [-0.15, -0.1) is 0 Å². The van der Waals surface area contributed by atoms with Gasteiger partial charge in [-0.25, -0.2) is 0 Å². The van der Waals surface area contributed by atoms with E-state index in [-0.39, 0.29) is 30.4 Å². The first-order valence-electron chi connectivity index (χ1n) is 12.9. The molecule has 1 N–H and O–H groups in total. The maximum absolute atomic E-state index is 13.7. The third-order valence-electron chi connectivity index (χ3n) is 6.21. The fourth-order valence-electron chi connectivity index (χ4n) is 4.06. The summed E-state index contributed by atoms with van der Waals surface area (Å²) in [5.74, 6) is 0.0928. The lowest BCUT2D eigenvalue weighted by Gasteiger charge is -2.31. The largest absolute Gasteiger partial charge is 0.483 e. The smallest absolute Gasteiger partial charge is 0.261 e. The molecular weight excluding hydrogens is 564 g/mol. The number of hydrogen-bond donors (Lipinski definition) is 1. The van der Waals surface area contributed by atoms with Crippen molar-refractivity contribution < 1.29 is 14.3 Å². The first-order chi connectivity index (χ1) is 18.1. The number of nitrogens with one attached hydrogen (secondary N) is 1. The van der Waals surface area contributed by atoms with Crippen molar-refractivity contribution in [1.82, 2.24) is 10.2 Å². The first-order valence-corrected chi connectivity index (χ1v) is 14.0. The Morgan fingerprint density at radius 3 is 2.34 bits per heavy atom. The summed E-state index contributed by atoms with van der Waals surface area (Å²) in [4.78, 5) is 28.7. The lowest BCUT2D eigenvalue weighted by molar-refractivity contribution is -0.142. The lowest BCUT2D eigenvalue weighted by Crippen LogP contribution is -2.51. The van der Waals surface area contributed by atoms with E-state index in [4.69, 9.17) is 16.3 Å². The highest BCUT2D eigenvalue weighted by atomic mass is 79.9. The molecule has 3 aromatic carbocycles. The van der Waals surface area contributed by atoms with Gasteiger partial charge in [0.25, 0.3) is 5.91 Å². The molecule has 0 heterocycles. The number of hydrogen-bond acceptors (Lipinski definition) is 3. The highest BCUT2D eigenvalue weighted by Crippen LogP contribution is 2.31. The molecule has 0 aromatic heterocycles. The average Bonchev–Trinajstić information content (AvgIpc) is 2.88. The molecule has 0 aliphatic rings. The number of benzene rings is 3. The minimum Gasteiger partial charge on any atom is -0.483 e. The molecule has 0 spiro atoms. The molecule has 1 atom stereocenters. The second kappa shape index (κ2) is 13.8. The Kier molecular flexibility index (Phi) is 10.8. The van der Waals surface area contributed by atoms with Gasteiger partial charge in [-0.3, -0.25) is 9.59 Å². The van der Waals surface area contributed by atoms with Gasteiger partial charge >= 0.3 is 0 Å². The molecule has 0 aliphatic heterocycles. The third kappa shape index (κ3) is 8.60. The summed E-state index contributed by atoms with van der Waals surface area (Å²) < 4.78 is 6.75. The van der Waals surface area contributed by atoms with Crippen molar-refractivity contribution in [2.45, 2.75) is 58.5 Å². The van der Waals surface area contributed by atoms with Gasteiger partial charge in [-0.05, 0) is 68.7 Å². The zero-order valence-electron chi connectivity index (χ0n) is 22.5. The van der Waals surface area contributed by atoms with Crippen LogP contribution < -0.4 is 10.1 Å². The van der Waals surface area contributed by atoms with Crippen LogP contribution in [0.15, 0.2) is 77.3 Å². The van der Waals surface area contributed by atoms with Crippen LogP contribution in [-0.4, -0.2) is 35.9 Å². The van der Waals surface area contributed by atoms with E-state index in [2.05, 4.69) is 42.0 Å². The SMILES string of the molecule is CCCNC(=O)C(Cc1ccccc1)N(Cc1cccc(Cl)c1)C(=O)COc1ccc(C(C)(C)C)cc1Br. The minimum atomic E-state index is -0.717. The fourth-order valence-corrected chi connectivity index (χ4v) is 4.76. The van der Waals surface area contributed by atoms with Crippen molar-refractivity contribution in [3.8, 4) is 5.75 Å². The molecule has 1 unspecified atom stereocenters. The van der Waals surface area contributed by atoms with Crippen LogP contribution in [0.25, 0.3) is 0 Å². The molecule has 202 valence electrons. The molecule has 5 nitrogen and oxygen atoms in total. The van der Waals surface area contributed by atoms with Crippen molar-refractivity contribution in [1.29, 1.82) is 0 Å². The van der Waals surface area contributed by atoms with Crippen molar-refractivity contribution in [3.63, 3.8) is 0 Å². The van der Waals surface area contributed by atoms with Crippen LogP contribution in [0, 0.1) is 0 Å². The van der Waals surface area contributed by atoms with E-state index in [1.165, 1.54) is 0 Å². The van der Waals surface area contributed by atoms with Crippen molar-refractivity contribution in [2.24, 2.45) is 0 Å². The number of rotatable bonds is 11. The Hall–Kier alpha value is -2.83. The Morgan fingerprint density at radius 2 is 1.71 bits per heavy atom. The topological polar surface area (TPSA) is 58.6 Å². The first kappa shape index (κ1) is 29.7. The van der Waals surface area contributed by atoms with Crippen molar-refractivity contribution >= 4 is 39.3 Å². The molecule has 3 aromatic rings. The molecule has 2 amide bonds. The summed E-state index contributed by atoms with van der Waals surface area (Å²) in [5.41, 5.74) is 2.94. The average molecular weight is 600 g/mol. The molecule has 38 heavy (non-hydrogen) atoms. The Labute approximate surface area is 239 Å². The van der Waals surface area contributed by atoms with Crippen LogP contribution in [-0.2, 0) is 28.0 Å². The van der Waals surface area contributed by atoms with E-state index in [0.717, 1.165) is 27.6 Å². The Bertz CT molecular complexity index is 1230. The quantitative estimate of drug-likeness (QED) is 0.260. The fraction of sp³-hybridized carbons (Fsp3) is 0.355. The standard InChI is InChI=1S/C31H36BrClN2O3/c1-5-16-34-30(37)27(18-22-10-7-6-8-11-22)35(20-23-12-9-13-25(33)17-23)29(36)21-38-28-15-14-24(19-26(28)32)31(2,3)4/h6-15,17,19,27H,5,16,18,20-21H2,1-4H3,(H,34,37). The van der Waals surface area contributed by atoms with Crippen LogP contribution in [0.4, 0.5) is 0 Å². The Balaban J connectivity index is 1.89. The van der Waals surface area contributed by atoms with Gasteiger partial charge in [-0.1, -0.05) is 87.8 Å². The van der Waals surface area contributed by atoms with Crippen LogP contribution in [0.5, 0.6) is 5.75 Å². The molecule has 0 radical (unpaired) electrons. The summed E-state index contributed by atoms with van der Waals surface area (Å²) in [6.07, 6.45) is 1.18. The van der Waals surface area contributed by atoms with E-state index >= 15 is 0 Å². The Morgan fingerprint density at radius 1 is 1.00 bits per heavy atom. The van der Waals surface area contributed by atoms with Gasteiger partial charge in [0.15, 0.2) is 6.61 Å². The van der Waals surface area contributed by atoms with Crippen molar-refractivity contribution in [3.05, 3.63) is 99.0 Å². The summed E-state index contributed by atoms with van der Waals surface area (Å²) in [7, 11) is 0. The monoisotopic (exact) mass is 598 g/mol. The summed E-state index contributed by atoms with van der Waals surface area (Å²) >= 11 is 9.82. The zero-order valence-corrected chi connectivity index (χ0v) is 24.8. The molecule has 0 aliphatic carbocycles. The van der Waals surface area contributed by atoms with E-state index in [1.54, 1.807) is 11.0 Å². The van der Waals surface area contributed by atoms with E-state index in [1.807, 2.05) is 73.7 Å². The van der Waals surface area contributed by atoms with Gasteiger partial charge < -0.3 is 15.0 Å². The van der Waals surface area contributed by atoms with Gasteiger partial charge in [0, 0.05) is 24.5 Å². The van der Waals surface area contributed by atoms with E-state index < -0.39 is 6.04 Å². The molecule has 0 saturated heterocycles. The van der Waals surface area contributed by atoms with Gasteiger partial charge in [0.05, 0.1) is 4.47 Å². The third-order valence-corrected chi connectivity index (χ3v) is 7.07. The molecule has 3 rings (SSSR count). The molecule has 0 bridgehead atoms. The van der Waals surface area contributed by atoms with E-state index in [9.17, 15) is 9.59 Å². The minimum absolute atomic E-state index is 0.0128. The van der Waals surface area contributed by atoms with E-state index in [0.29, 0.717) is 23.7 Å². The summed E-state index contributed by atoms with van der Waals surface area (Å²) in [6, 6.07) is 22.2. The highest BCUT2D eigenvalue weighted by Gasteiger charge is 2.30. The molecule has 0 fully saturated rings. The van der Waals surface area contributed by atoms with Gasteiger partial charge in [0.1, 0.15) is 11.8 Å². The molecular formula is C31H36BrClN2O3. The number of ether oxygens (including phenoxy) is 1. The zero-order chi connectivity index (χ0) is 27.7. The molecule has 0 saturated carbocycles. The number of amides is 2.